The second-order valence-corrected chi connectivity index (χ2v) is 4.86. The molecule has 0 saturated carbocycles. The highest BCUT2D eigenvalue weighted by Crippen LogP contribution is 2.28. The first-order chi connectivity index (χ1) is 10.0. The van der Waals surface area contributed by atoms with E-state index in [4.69, 9.17) is 10.5 Å². The maximum absolute atomic E-state index is 11.9. The molecule has 2 N–H and O–H groups in total. The minimum absolute atomic E-state index is 0.402. The number of hydrogen-bond acceptors (Lipinski definition) is 5. The fourth-order valence-electron chi connectivity index (χ4n) is 2.27. The Bertz CT molecular complexity index is 656. The van der Waals surface area contributed by atoms with Crippen LogP contribution in [-0.4, -0.2) is 25.1 Å². The van der Waals surface area contributed by atoms with Crippen molar-refractivity contribution in [2.24, 2.45) is 0 Å². The van der Waals surface area contributed by atoms with Crippen LogP contribution in [0.2, 0.25) is 0 Å². The van der Waals surface area contributed by atoms with Gasteiger partial charge in [-0.25, -0.2) is 4.79 Å². The van der Waals surface area contributed by atoms with Gasteiger partial charge in [-0.3, -0.25) is 4.98 Å². The molecule has 0 fully saturated rings. The zero-order valence-electron chi connectivity index (χ0n) is 12.5. The number of aromatic nitrogens is 1. The first kappa shape index (κ1) is 14.8. The maximum atomic E-state index is 11.9. The van der Waals surface area contributed by atoms with Crippen molar-refractivity contribution in [1.29, 1.82) is 0 Å². The van der Waals surface area contributed by atoms with Crippen molar-refractivity contribution in [2.45, 2.75) is 13.5 Å². The minimum atomic E-state index is -0.402. The van der Waals surface area contributed by atoms with Gasteiger partial charge in [0.1, 0.15) is 0 Å². The summed E-state index contributed by atoms with van der Waals surface area (Å²) in [5.74, 6) is -0.402. The predicted molar refractivity (Wildman–Crippen MR) is 83.3 cm³/mol. The molecule has 0 aliphatic carbocycles. The van der Waals surface area contributed by atoms with Gasteiger partial charge in [-0.15, -0.1) is 0 Å². The number of nitrogen functional groups attached to an aromatic ring is 1. The largest absolute Gasteiger partial charge is 0.465 e. The van der Waals surface area contributed by atoms with Gasteiger partial charge >= 0.3 is 5.97 Å². The van der Waals surface area contributed by atoms with Crippen LogP contribution >= 0.6 is 0 Å². The van der Waals surface area contributed by atoms with Crippen LogP contribution < -0.4 is 10.6 Å². The van der Waals surface area contributed by atoms with E-state index in [1.807, 2.05) is 37.1 Å². The quantitative estimate of drug-likeness (QED) is 0.690. The highest BCUT2D eigenvalue weighted by Gasteiger charge is 2.17. The normalized spacial score (nSPS) is 10.2. The number of carbonyl (C=O) groups excluding carboxylic acids is 1. The van der Waals surface area contributed by atoms with Gasteiger partial charge < -0.3 is 15.4 Å². The molecule has 5 heteroatoms. The van der Waals surface area contributed by atoms with E-state index in [1.54, 1.807) is 18.2 Å². The molecular weight excluding hydrogens is 266 g/mol. The van der Waals surface area contributed by atoms with E-state index in [1.165, 1.54) is 7.11 Å². The van der Waals surface area contributed by atoms with Crippen molar-refractivity contribution < 1.29 is 9.53 Å². The average Bonchev–Trinajstić information content (AvgIpc) is 2.46. The second kappa shape index (κ2) is 6.26. The lowest BCUT2D eigenvalue weighted by molar-refractivity contribution is 0.0601. The van der Waals surface area contributed by atoms with Crippen LogP contribution in [-0.2, 0) is 11.3 Å². The van der Waals surface area contributed by atoms with Gasteiger partial charge in [-0.1, -0.05) is 12.1 Å². The Balaban J connectivity index is 2.34. The summed E-state index contributed by atoms with van der Waals surface area (Å²) in [5.41, 5.74) is 9.54. The Kier molecular flexibility index (Phi) is 4.42. The summed E-state index contributed by atoms with van der Waals surface area (Å²) in [6.07, 6.45) is 0. The van der Waals surface area contributed by atoms with Crippen molar-refractivity contribution in [3.63, 3.8) is 0 Å². The molecule has 1 aromatic heterocycles. The highest BCUT2D eigenvalue weighted by atomic mass is 16.5. The molecule has 0 amide bonds. The summed E-state index contributed by atoms with van der Waals surface area (Å²) in [4.78, 5) is 18.2. The average molecular weight is 285 g/mol. The number of nitrogens with two attached hydrogens (primary N) is 1. The molecule has 110 valence electrons. The topological polar surface area (TPSA) is 68.5 Å². The number of pyridine rings is 1. The third kappa shape index (κ3) is 3.31. The molecule has 2 aromatic rings. The SMILES string of the molecule is COC(=O)c1cccc(N)c1N(C)Cc1cccc(C)n1. The minimum Gasteiger partial charge on any atom is -0.465 e. The van der Waals surface area contributed by atoms with Gasteiger partial charge in [0, 0.05) is 12.7 Å². The van der Waals surface area contributed by atoms with Gasteiger partial charge in [-0.05, 0) is 31.2 Å². The molecule has 0 saturated heterocycles. The number of carbonyl (C=O) groups is 1. The van der Waals surface area contributed by atoms with Crippen molar-refractivity contribution in [2.75, 3.05) is 24.8 Å². The maximum Gasteiger partial charge on any atom is 0.340 e. The Morgan fingerprint density at radius 1 is 1.29 bits per heavy atom. The molecule has 0 spiro atoms. The van der Waals surface area contributed by atoms with E-state index in [2.05, 4.69) is 4.98 Å². The Labute approximate surface area is 124 Å². The summed E-state index contributed by atoms with van der Waals surface area (Å²) < 4.78 is 4.81. The lowest BCUT2D eigenvalue weighted by atomic mass is 10.1. The summed E-state index contributed by atoms with van der Waals surface area (Å²) in [7, 11) is 3.24. The van der Waals surface area contributed by atoms with Gasteiger partial charge in [0.25, 0.3) is 0 Å². The molecule has 21 heavy (non-hydrogen) atoms. The monoisotopic (exact) mass is 285 g/mol. The van der Waals surface area contributed by atoms with Gasteiger partial charge in [0.05, 0.1) is 36.3 Å². The van der Waals surface area contributed by atoms with Crippen LogP contribution in [0.3, 0.4) is 0 Å². The fourth-order valence-corrected chi connectivity index (χ4v) is 2.27. The summed E-state index contributed by atoms with van der Waals surface area (Å²) in [6, 6.07) is 11.1. The number of rotatable bonds is 4. The molecule has 1 heterocycles. The molecule has 1 aromatic carbocycles. The van der Waals surface area contributed by atoms with Crippen molar-refractivity contribution in [3.8, 4) is 0 Å². The van der Waals surface area contributed by atoms with Crippen LogP contribution in [0.4, 0.5) is 11.4 Å². The molecule has 0 unspecified atom stereocenters. The van der Waals surface area contributed by atoms with Crippen LogP contribution in [0.25, 0.3) is 0 Å². The molecule has 0 bridgehead atoms. The fraction of sp³-hybridized carbons (Fsp3) is 0.250. The Morgan fingerprint density at radius 3 is 2.67 bits per heavy atom. The van der Waals surface area contributed by atoms with E-state index in [0.717, 1.165) is 11.4 Å². The van der Waals surface area contributed by atoms with E-state index in [0.29, 0.717) is 23.5 Å². The van der Waals surface area contributed by atoms with E-state index in [-0.39, 0.29) is 0 Å². The van der Waals surface area contributed by atoms with Crippen LogP contribution in [0.15, 0.2) is 36.4 Å². The van der Waals surface area contributed by atoms with E-state index >= 15 is 0 Å². The number of hydrogen-bond donors (Lipinski definition) is 1. The van der Waals surface area contributed by atoms with Crippen LogP contribution in [0, 0.1) is 6.92 Å². The van der Waals surface area contributed by atoms with Gasteiger partial charge in [-0.2, -0.15) is 0 Å². The summed E-state index contributed by atoms with van der Waals surface area (Å²) in [6.45, 7) is 2.50. The summed E-state index contributed by atoms with van der Waals surface area (Å²) >= 11 is 0. The van der Waals surface area contributed by atoms with Crippen LogP contribution in [0.5, 0.6) is 0 Å². The number of benzene rings is 1. The Morgan fingerprint density at radius 2 is 2.00 bits per heavy atom. The number of esters is 1. The summed E-state index contributed by atoms with van der Waals surface area (Å²) in [5, 5.41) is 0. The number of aryl methyl sites for hydroxylation is 1. The standard InChI is InChI=1S/C16H19N3O2/c1-11-6-4-7-12(18-11)10-19(2)15-13(16(20)21-3)8-5-9-14(15)17/h4-9H,10,17H2,1-3H3. The number of ether oxygens (including phenoxy) is 1. The predicted octanol–water partition coefficient (Wildman–Crippen LogP) is 2.40. The van der Waals surface area contributed by atoms with Gasteiger partial charge in [0.15, 0.2) is 0 Å². The third-order valence-electron chi connectivity index (χ3n) is 3.20. The lowest BCUT2D eigenvalue weighted by Crippen LogP contribution is -2.22. The molecular formula is C16H19N3O2. The smallest absolute Gasteiger partial charge is 0.340 e. The lowest BCUT2D eigenvalue weighted by Gasteiger charge is -2.23. The number of methoxy groups -OCH3 is 1. The number of nitrogens with zero attached hydrogens (tertiary/aromatic N) is 2. The molecule has 0 aliphatic rings. The third-order valence-corrected chi connectivity index (χ3v) is 3.20. The molecule has 0 aliphatic heterocycles. The first-order valence-electron chi connectivity index (χ1n) is 6.63. The highest BCUT2D eigenvalue weighted by molar-refractivity contribution is 5.99. The second-order valence-electron chi connectivity index (χ2n) is 4.86. The first-order valence-corrected chi connectivity index (χ1v) is 6.63. The molecule has 0 atom stereocenters. The van der Waals surface area contributed by atoms with Gasteiger partial charge in [0.2, 0.25) is 0 Å². The number of anilines is 2. The number of para-hydroxylation sites is 1. The van der Waals surface area contributed by atoms with Crippen molar-refractivity contribution in [1.82, 2.24) is 4.98 Å². The van der Waals surface area contributed by atoms with E-state index < -0.39 is 5.97 Å². The molecule has 5 nitrogen and oxygen atoms in total. The van der Waals surface area contributed by atoms with Crippen molar-refractivity contribution in [3.05, 3.63) is 53.3 Å². The van der Waals surface area contributed by atoms with E-state index in [9.17, 15) is 4.79 Å². The zero-order valence-corrected chi connectivity index (χ0v) is 12.5. The molecule has 2 rings (SSSR count). The van der Waals surface area contributed by atoms with Crippen LogP contribution in [0.1, 0.15) is 21.7 Å². The zero-order chi connectivity index (χ0) is 15.4. The van der Waals surface area contributed by atoms with Crippen molar-refractivity contribution >= 4 is 17.3 Å². The Hall–Kier alpha value is -2.56. The molecule has 0 radical (unpaired) electrons.